The molecule has 0 amide bonds. The van der Waals surface area contributed by atoms with E-state index in [4.69, 9.17) is 4.74 Å². The molecule has 1 nitrogen and oxygen atoms in total. The molecule has 0 radical (unpaired) electrons. The molecule has 1 rings (SSSR count). The fraction of sp³-hybridized carbons (Fsp3) is 0.467. The van der Waals surface area contributed by atoms with E-state index < -0.39 is 0 Å². The number of ether oxygens (including phenoxy) is 1. The summed E-state index contributed by atoms with van der Waals surface area (Å²) in [5, 5.41) is 0. The highest BCUT2D eigenvalue weighted by molar-refractivity contribution is 5.55. The minimum atomic E-state index is -0.155. The van der Waals surface area contributed by atoms with Gasteiger partial charge in [0.25, 0.3) is 0 Å². The Bertz CT molecular complexity index is 370. The van der Waals surface area contributed by atoms with Crippen LogP contribution >= 0.6 is 0 Å². The zero-order valence-electron chi connectivity index (χ0n) is 11.0. The van der Waals surface area contributed by atoms with Crippen molar-refractivity contribution in [3.05, 3.63) is 35.9 Å². The van der Waals surface area contributed by atoms with Crippen molar-refractivity contribution < 1.29 is 4.74 Å². The van der Waals surface area contributed by atoms with Crippen molar-refractivity contribution in [3.63, 3.8) is 0 Å². The molecule has 0 unspecified atom stereocenters. The summed E-state index contributed by atoms with van der Waals surface area (Å²) in [6, 6.07) is 6.23. The summed E-state index contributed by atoms with van der Waals surface area (Å²) in [6.07, 6.45) is 1.89. The molecule has 0 heterocycles. The molecule has 0 saturated carbocycles. The molecule has 88 valence electrons. The molecule has 0 saturated heterocycles. The summed E-state index contributed by atoms with van der Waals surface area (Å²) >= 11 is 0. The van der Waals surface area contributed by atoms with Crippen LogP contribution in [0.15, 0.2) is 24.8 Å². The summed E-state index contributed by atoms with van der Waals surface area (Å²) in [5.74, 6) is 1.42. The predicted molar refractivity (Wildman–Crippen MR) is 71.0 cm³/mol. The van der Waals surface area contributed by atoms with Crippen LogP contribution in [0, 0.1) is 0 Å². The normalized spacial score (nSPS) is 11.6. The molecule has 1 aromatic carbocycles. The van der Waals surface area contributed by atoms with Crippen LogP contribution in [0.4, 0.5) is 0 Å². The van der Waals surface area contributed by atoms with Gasteiger partial charge in [-0.1, -0.05) is 32.6 Å². The maximum atomic E-state index is 5.83. The van der Waals surface area contributed by atoms with E-state index in [1.807, 2.05) is 12.1 Å². The number of rotatable bonds is 3. The van der Waals surface area contributed by atoms with Crippen LogP contribution in [0.3, 0.4) is 0 Å². The van der Waals surface area contributed by atoms with E-state index in [2.05, 4.69) is 53.3 Å². The Labute approximate surface area is 99.1 Å². The first kappa shape index (κ1) is 12.8. The molecule has 0 spiro atoms. The van der Waals surface area contributed by atoms with Gasteiger partial charge in [0.1, 0.15) is 11.4 Å². The summed E-state index contributed by atoms with van der Waals surface area (Å²) in [4.78, 5) is 0. The lowest BCUT2D eigenvalue weighted by atomic mass is 9.97. The van der Waals surface area contributed by atoms with Gasteiger partial charge in [0, 0.05) is 0 Å². The smallest absolute Gasteiger partial charge is 0.120 e. The molecule has 0 aliphatic rings. The van der Waals surface area contributed by atoms with Crippen LogP contribution in [0.1, 0.15) is 51.7 Å². The quantitative estimate of drug-likeness (QED) is 0.718. The van der Waals surface area contributed by atoms with Gasteiger partial charge in [0.15, 0.2) is 0 Å². The highest BCUT2D eigenvalue weighted by Crippen LogP contribution is 2.27. The van der Waals surface area contributed by atoms with Crippen LogP contribution in [-0.4, -0.2) is 5.60 Å². The minimum absolute atomic E-state index is 0.155. The number of hydrogen-bond acceptors (Lipinski definition) is 1. The van der Waals surface area contributed by atoms with Gasteiger partial charge in [-0.05, 0) is 49.9 Å². The molecule has 0 aliphatic heterocycles. The van der Waals surface area contributed by atoms with Crippen molar-refractivity contribution in [1.82, 2.24) is 0 Å². The third-order valence-corrected chi connectivity index (χ3v) is 2.32. The van der Waals surface area contributed by atoms with Crippen LogP contribution in [0.5, 0.6) is 5.75 Å². The highest BCUT2D eigenvalue weighted by Gasteiger charge is 2.13. The zero-order chi connectivity index (χ0) is 12.3. The maximum Gasteiger partial charge on any atom is 0.120 e. The zero-order valence-corrected chi connectivity index (χ0v) is 11.0. The second-order valence-corrected chi connectivity index (χ2v) is 5.36. The van der Waals surface area contributed by atoms with Crippen molar-refractivity contribution in [2.45, 2.75) is 46.1 Å². The fourth-order valence-corrected chi connectivity index (χ4v) is 1.67. The Morgan fingerprint density at radius 1 is 1.25 bits per heavy atom. The van der Waals surface area contributed by atoms with Crippen molar-refractivity contribution >= 4 is 6.08 Å². The Morgan fingerprint density at radius 3 is 2.31 bits per heavy atom. The number of benzene rings is 1. The Morgan fingerprint density at radius 2 is 1.88 bits per heavy atom. The van der Waals surface area contributed by atoms with E-state index in [1.54, 1.807) is 0 Å². The van der Waals surface area contributed by atoms with Gasteiger partial charge in [-0.25, -0.2) is 0 Å². The SMILES string of the molecule is C=Cc1cc(OC(C)(C)C)ccc1C(C)C. The Hall–Kier alpha value is -1.24. The number of hydrogen-bond donors (Lipinski definition) is 0. The van der Waals surface area contributed by atoms with Gasteiger partial charge in [-0.3, -0.25) is 0 Å². The third kappa shape index (κ3) is 3.41. The summed E-state index contributed by atoms with van der Waals surface area (Å²) in [5.41, 5.74) is 2.32. The standard InChI is InChI=1S/C15H22O/c1-7-12-10-13(16-15(4,5)6)8-9-14(12)11(2)3/h7-11H,1H2,2-6H3. The van der Waals surface area contributed by atoms with Gasteiger partial charge in [0.05, 0.1) is 0 Å². The monoisotopic (exact) mass is 218 g/mol. The van der Waals surface area contributed by atoms with Gasteiger partial charge >= 0.3 is 0 Å². The van der Waals surface area contributed by atoms with Gasteiger partial charge in [-0.15, -0.1) is 0 Å². The minimum Gasteiger partial charge on any atom is -0.488 e. The first-order chi connectivity index (χ1) is 7.33. The molecule has 0 fully saturated rings. The van der Waals surface area contributed by atoms with E-state index in [-0.39, 0.29) is 5.60 Å². The van der Waals surface area contributed by atoms with Crippen LogP contribution in [0.25, 0.3) is 6.08 Å². The van der Waals surface area contributed by atoms with Crippen LogP contribution in [-0.2, 0) is 0 Å². The van der Waals surface area contributed by atoms with E-state index in [9.17, 15) is 0 Å². The van der Waals surface area contributed by atoms with Crippen molar-refractivity contribution in [2.24, 2.45) is 0 Å². The van der Waals surface area contributed by atoms with E-state index >= 15 is 0 Å². The topological polar surface area (TPSA) is 9.23 Å². The average molecular weight is 218 g/mol. The van der Waals surface area contributed by atoms with Crippen LogP contribution in [0.2, 0.25) is 0 Å². The molecule has 0 atom stereocenters. The lowest BCUT2D eigenvalue weighted by molar-refractivity contribution is 0.131. The molecule has 16 heavy (non-hydrogen) atoms. The molecule has 0 aromatic heterocycles. The van der Waals surface area contributed by atoms with Crippen LogP contribution < -0.4 is 4.74 Å². The van der Waals surface area contributed by atoms with E-state index in [0.717, 1.165) is 11.3 Å². The third-order valence-electron chi connectivity index (χ3n) is 2.32. The lowest BCUT2D eigenvalue weighted by Crippen LogP contribution is -2.23. The van der Waals surface area contributed by atoms with E-state index in [1.165, 1.54) is 5.56 Å². The molecular weight excluding hydrogens is 196 g/mol. The Balaban J connectivity index is 3.05. The maximum absolute atomic E-state index is 5.83. The highest BCUT2D eigenvalue weighted by atomic mass is 16.5. The molecular formula is C15H22O. The van der Waals surface area contributed by atoms with Crippen molar-refractivity contribution in [1.29, 1.82) is 0 Å². The second kappa shape index (κ2) is 4.73. The molecule has 0 N–H and O–H groups in total. The summed E-state index contributed by atoms with van der Waals surface area (Å²) in [7, 11) is 0. The molecule has 0 aliphatic carbocycles. The lowest BCUT2D eigenvalue weighted by Gasteiger charge is -2.22. The molecule has 1 aromatic rings. The van der Waals surface area contributed by atoms with Crippen molar-refractivity contribution in [2.75, 3.05) is 0 Å². The Kier molecular flexibility index (Phi) is 3.79. The predicted octanol–water partition coefficient (Wildman–Crippen LogP) is 4.63. The van der Waals surface area contributed by atoms with Gasteiger partial charge < -0.3 is 4.74 Å². The van der Waals surface area contributed by atoms with Gasteiger partial charge in [0.2, 0.25) is 0 Å². The van der Waals surface area contributed by atoms with Gasteiger partial charge in [-0.2, -0.15) is 0 Å². The summed E-state index contributed by atoms with van der Waals surface area (Å²) in [6.45, 7) is 14.4. The first-order valence-electron chi connectivity index (χ1n) is 5.79. The van der Waals surface area contributed by atoms with E-state index in [0.29, 0.717) is 5.92 Å². The largest absolute Gasteiger partial charge is 0.488 e. The fourth-order valence-electron chi connectivity index (χ4n) is 1.67. The van der Waals surface area contributed by atoms with Crippen molar-refractivity contribution in [3.8, 4) is 5.75 Å². The summed E-state index contributed by atoms with van der Waals surface area (Å²) < 4.78 is 5.83. The first-order valence-corrected chi connectivity index (χ1v) is 5.79. The molecule has 1 heteroatoms. The average Bonchev–Trinajstić information content (AvgIpc) is 2.14. The molecule has 0 bridgehead atoms. The second-order valence-electron chi connectivity index (χ2n) is 5.36.